The summed E-state index contributed by atoms with van der Waals surface area (Å²) in [6.45, 7) is 0.924. The summed E-state index contributed by atoms with van der Waals surface area (Å²) in [4.78, 5) is 6.52. The molecular weight excluding hydrogens is 212 g/mol. The molecule has 1 aromatic rings. The third kappa shape index (κ3) is 2.67. The van der Waals surface area contributed by atoms with Gasteiger partial charge in [-0.2, -0.15) is 0 Å². The number of nitrogens with zero attached hydrogens (tertiary/aromatic N) is 2. The van der Waals surface area contributed by atoms with Crippen LogP contribution >= 0.6 is 0 Å². The van der Waals surface area contributed by atoms with Crippen molar-refractivity contribution < 1.29 is 5.11 Å². The van der Waals surface area contributed by atoms with Crippen molar-refractivity contribution >= 4 is 0 Å². The van der Waals surface area contributed by atoms with Crippen molar-refractivity contribution in [1.29, 1.82) is 0 Å². The quantitative estimate of drug-likeness (QED) is 0.869. The molecule has 0 aromatic carbocycles. The van der Waals surface area contributed by atoms with Gasteiger partial charge >= 0.3 is 0 Å². The predicted molar refractivity (Wildman–Crippen MR) is 68.6 cm³/mol. The first-order valence-corrected chi connectivity index (χ1v) is 6.41. The molecule has 1 aliphatic rings. The van der Waals surface area contributed by atoms with Gasteiger partial charge in [-0.25, -0.2) is 0 Å². The third-order valence-corrected chi connectivity index (χ3v) is 3.73. The minimum Gasteiger partial charge on any atom is -0.383 e. The molecule has 2 atom stereocenters. The zero-order valence-electron chi connectivity index (χ0n) is 10.8. The fourth-order valence-corrected chi connectivity index (χ4v) is 2.87. The lowest BCUT2D eigenvalue weighted by molar-refractivity contribution is -0.0652. The van der Waals surface area contributed by atoms with Gasteiger partial charge in [-0.1, -0.05) is 18.9 Å². The molecule has 1 aromatic heterocycles. The van der Waals surface area contributed by atoms with Gasteiger partial charge in [0.2, 0.25) is 0 Å². The lowest BCUT2D eigenvalue weighted by Crippen LogP contribution is -2.43. The molecular formula is C14H22N2O. The molecule has 0 amide bonds. The van der Waals surface area contributed by atoms with Crippen LogP contribution in [0.1, 0.15) is 31.4 Å². The highest BCUT2D eigenvalue weighted by molar-refractivity contribution is 5.15. The van der Waals surface area contributed by atoms with E-state index in [1.54, 1.807) is 6.20 Å². The zero-order valence-corrected chi connectivity index (χ0v) is 10.8. The standard InChI is InChI=1S/C14H22N2O/c1-16(2)11-12-7-3-5-9-14(12,17)13-8-4-6-10-15-13/h4,6,8,10,12,17H,3,5,7,9,11H2,1-2H3/t12-,14+/m1/s1. The zero-order chi connectivity index (χ0) is 12.3. The van der Waals surface area contributed by atoms with Crippen molar-refractivity contribution in [3.63, 3.8) is 0 Å². The fourth-order valence-electron chi connectivity index (χ4n) is 2.87. The molecule has 17 heavy (non-hydrogen) atoms. The van der Waals surface area contributed by atoms with Crippen molar-refractivity contribution in [3.05, 3.63) is 30.1 Å². The van der Waals surface area contributed by atoms with E-state index < -0.39 is 5.60 Å². The molecule has 1 fully saturated rings. The van der Waals surface area contributed by atoms with E-state index in [1.165, 1.54) is 6.42 Å². The Morgan fingerprint density at radius 2 is 2.24 bits per heavy atom. The maximum Gasteiger partial charge on any atom is 0.110 e. The van der Waals surface area contributed by atoms with Crippen LogP contribution in [0.3, 0.4) is 0 Å². The number of rotatable bonds is 3. The van der Waals surface area contributed by atoms with Crippen molar-refractivity contribution in [2.45, 2.75) is 31.3 Å². The van der Waals surface area contributed by atoms with E-state index in [1.807, 2.05) is 18.2 Å². The summed E-state index contributed by atoms with van der Waals surface area (Å²) in [5.74, 6) is 0.293. The normalized spacial score (nSPS) is 29.5. The van der Waals surface area contributed by atoms with Gasteiger partial charge in [0.1, 0.15) is 5.60 Å². The Balaban J connectivity index is 2.25. The molecule has 3 heteroatoms. The van der Waals surface area contributed by atoms with Crippen LogP contribution in [0.4, 0.5) is 0 Å². The van der Waals surface area contributed by atoms with E-state index in [2.05, 4.69) is 24.0 Å². The van der Waals surface area contributed by atoms with Crippen LogP contribution in [0, 0.1) is 5.92 Å². The van der Waals surface area contributed by atoms with Crippen molar-refractivity contribution in [2.24, 2.45) is 5.92 Å². The Hall–Kier alpha value is -0.930. The molecule has 0 bridgehead atoms. The Bertz CT molecular complexity index is 352. The van der Waals surface area contributed by atoms with Gasteiger partial charge in [-0.05, 0) is 39.1 Å². The Morgan fingerprint density at radius 1 is 1.41 bits per heavy atom. The molecule has 1 heterocycles. The van der Waals surface area contributed by atoms with Crippen LogP contribution in [-0.4, -0.2) is 35.6 Å². The molecule has 1 saturated carbocycles. The second kappa shape index (κ2) is 5.15. The predicted octanol–water partition coefficient (Wildman–Crippen LogP) is 2.02. The van der Waals surface area contributed by atoms with E-state index in [0.29, 0.717) is 5.92 Å². The van der Waals surface area contributed by atoms with Crippen molar-refractivity contribution in [2.75, 3.05) is 20.6 Å². The monoisotopic (exact) mass is 234 g/mol. The first-order chi connectivity index (χ1) is 8.13. The molecule has 0 spiro atoms. The largest absolute Gasteiger partial charge is 0.383 e. The van der Waals surface area contributed by atoms with Gasteiger partial charge in [-0.3, -0.25) is 4.98 Å². The smallest absolute Gasteiger partial charge is 0.110 e. The summed E-state index contributed by atoms with van der Waals surface area (Å²) in [5.41, 5.74) is 0.107. The Kier molecular flexibility index (Phi) is 3.79. The lowest BCUT2D eigenvalue weighted by Gasteiger charge is -2.40. The van der Waals surface area contributed by atoms with Gasteiger partial charge in [0.15, 0.2) is 0 Å². The van der Waals surface area contributed by atoms with Gasteiger partial charge in [0.25, 0.3) is 0 Å². The molecule has 3 nitrogen and oxygen atoms in total. The van der Waals surface area contributed by atoms with E-state index in [-0.39, 0.29) is 0 Å². The maximum atomic E-state index is 11.0. The average molecular weight is 234 g/mol. The van der Waals surface area contributed by atoms with Gasteiger partial charge in [-0.15, -0.1) is 0 Å². The molecule has 1 N–H and O–H groups in total. The van der Waals surface area contributed by atoms with Gasteiger partial charge < -0.3 is 10.0 Å². The summed E-state index contributed by atoms with van der Waals surface area (Å²) in [6.07, 6.45) is 6.01. The summed E-state index contributed by atoms with van der Waals surface area (Å²) >= 11 is 0. The lowest BCUT2D eigenvalue weighted by atomic mass is 9.73. The van der Waals surface area contributed by atoms with Crippen molar-refractivity contribution in [1.82, 2.24) is 9.88 Å². The van der Waals surface area contributed by atoms with Crippen LogP contribution < -0.4 is 0 Å². The second-order valence-corrected chi connectivity index (χ2v) is 5.34. The second-order valence-electron chi connectivity index (χ2n) is 5.34. The van der Waals surface area contributed by atoms with E-state index in [4.69, 9.17) is 0 Å². The Morgan fingerprint density at radius 3 is 2.88 bits per heavy atom. The van der Waals surface area contributed by atoms with E-state index in [0.717, 1.165) is 31.5 Å². The number of pyridine rings is 1. The maximum absolute atomic E-state index is 11.0. The van der Waals surface area contributed by atoms with Crippen LogP contribution in [0.15, 0.2) is 24.4 Å². The minimum absolute atomic E-state index is 0.293. The highest BCUT2D eigenvalue weighted by Crippen LogP contribution is 2.40. The number of hydrogen-bond acceptors (Lipinski definition) is 3. The van der Waals surface area contributed by atoms with Crippen LogP contribution in [0.25, 0.3) is 0 Å². The molecule has 0 unspecified atom stereocenters. The highest BCUT2D eigenvalue weighted by Gasteiger charge is 2.41. The minimum atomic E-state index is -0.732. The molecule has 0 saturated heterocycles. The van der Waals surface area contributed by atoms with Gasteiger partial charge in [0.05, 0.1) is 5.69 Å². The number of aromatic nitrogens is 1. The topological polar surface area (TPSA) is 36.4 Å². The molecule has 1 aliphatic carbocycles. The summed E-state index contributed by atoms with van der Waals surface area (Å²) in [5, 5.41) is 11.0. The average Bonchev–Trinajstić information content (AvgIpc) is 2.33. The number of aliphatic hydroxyl groups is 1. The SMILES string of the molecule is CN(C)C[C@H]1CCCC[C@@]1(O)c1ccccn1. The molecule has 0 aliphatic heterocycles. The molecule has 0 radical (unpaired) electrons. The number of hydrogen-bond donors (Lipinski definition) is 1. The summed E-state index contributed by atoms with van der Waals surface area (Å²) in [6, 6.07) is 5.81. The molecule has 2 rings (SSSR count). The third-order valence-electron chi connectivity index (χ3n) is 3.73. The van der Waals surface area contributed by atoms with E-state index >= 15 is 0 Å². The van der Waals surface area contributed by atoms with Crippen LogP contribution in [-0.2, 0) is 5.60 Å². The molecule has 94 valence electrons. The summed E-state index contributed by atoms with van der Waals surface area (Å²) in [7, 11) is 4.13. The van der Waals surface area contributed by atoms with Crippen molar-refractivity contribution in [3.8, 4) is 0 Å². The summed E-state index contributed by atoms with van der Waals surface area (Å²) < 4.78 is 0. The first kappa shape index (κ1) is 12.5. The highest BCUT2D eigenvalue weighted by atomic mass is 16.3. The van der Waals surface area contributed by atoms with Crippen LogP contribution in [0.5, 0.6) is 0 Å². The first-order valence-electron chi connectivity index (χ1n) is 6.41. The van der Waals surface area contributed by atoms with Gasteiger partial charge in [0, 0.05) is 18.7 Å². The Labute approximate surface area is 103 Å². The van der Waals surface area contributed by atoms with Crippen LogP contribution in [0.2, 0.25) is 0 Å². The fraction of sp³-hybridized carbons (Fsp3) is 0.643. The van der Waals surface area contributed by atoms with E-state index in [9.17, 15) is 5.11 Å².